The highest BCUT2D eigenvalue weighted by atomic mass is 19.4. The zero-order valence-electron chi connectivity index (χ0n) is 14.0. The fraction of sp³-hybridized carbons (Fsp3) is 0.312. The normalized spacial score (nSPS) is 12.7. The van der Waals surface area contributed by atoms with E-state index in [9.17, 15) is 32.7 Å². The fourth-order valence-corrected chi connectivity index (χ4v) is 2.52. The Morgan fingerprint density at radius 3 is 2.46 bits per heavy atom. The molecule has 0 aliphatic heterocycles. The van der Waals surface area contributed by atoms with E-state index in [1.54, 1.807) is 0 Å². The van der Waals surface area contributed by atoms with Gasteiger partial charge in [0.15, 0.2) is 0 Å². The van der Waals surface area contributed by atoms with Gasteiger partial charge < -0.3 is 19.7 Å². The molecule has 0 aliphatic rings. The van der Waals surface area contributed by atoms with E-state index in [2.05, 4.69) is 10.1 Å². The first kappa shape index (κ1) is 19.3. The van der Waals surface area contributed by atoms with Crippen molar-refractivity contribution in [1.82, 2.24) is 9.88 Å². The lowest BCUT2D eigenvalue weighted by Crippen LogP contribution is -2.42. The van der Waals surface area contributed by atoms with Crippen LogP contribution in [0.5, 0.6) is 5.75 Å². The van der Waals surface area contributed by atoms with E-state index >= 15 is 0 Å². The highest BCUT2D eigenvalue weighted by molar-refractivity contribution is 6.04. The van der Waals surface area contributed by atoms with Gasteiger partial charge in [-0.1, -0.05) is 6.07 Å². The molecule has 2 rings (SSSR count). The summed E-state index contributed by atoms with van der Waals surface area (Å²) in [6.45, 7) is 1.26. The van der Waals surface area contributed by atoms with Crippen LogP contribution in [0.3, 0.4) is 0 Å². The summed E-state index contributed by atoms with van der Waals surface area (Å²) in [5.41, 5.74) is -3.30. The van der Waals surface area contributed by atoms with Gasteiger partial charge >= 0.3 is 12.1 Å². The number of carbonyl (C=O) groups is 2. The first-order chi connectivity index (χ1) is 12.0. The number of aryl methyl sites for hydroxylation is 1. The number of hydrogen-bond donors (Lipinski definition) is 2. The minimum Gasteiger partial charge on any atom is -0.506 e. The summed E-state index contributed by atoms with van der Waals surface area (Å²) < 4.78 is 45.0. The predicted molar refractivity (Wildman–Crippen MR) is 84.8 cm³/mol. The molecule has 0 aliphatic carbocycles. The number of halogens is 3. The number of rotatable bonds is 3. The standard InChI is InChI=1S/C16H15F3N2O5/c1-7(15(25)26-3)20-13(23)11-12(22)10-8(16(17,18)19)5-4-6-9(10)21(2)14(11)24/h4-7,22H,1-3H3,(H,20,23). The monoisotopic (exact) mass is 372 g/mol. The van der Waals surface area contributed by atoms with E-state index in [4.69, 9.17) is 0 Å². The third-order valence-electron chi connectivity index (χ3n) is 3.83. The number of aromatic hydroxyl groups is 1. The SMILES string of the molecule is COC(=O)C(C)NC(=O)c1c(O)c2c(C(F)(F)F)cccc2n(C)c1=O. The van der Waals surface area contributed by atoms with Crippen LogP contribution < -0.4 is 10.9 Å². The Labute approximate surface area is 145 Å². The summed E-state index contributed by atoms with van der Waals surface area (Å²) >= 11 is 0. The molecule has 1 amide bonds. The average Bonchev–Trinajstić information content (AvgIpc) is 2.57. The van der Waals surface area contributed by atoms with Gasteiger partial charge in [-0.15, -0.1) is 0 Å². The molecule has 0 spiro atoms. The van der Waals surface area contributed by atoms with E-state index in [0.29, 0.717) is 0 Å². The van der Waals surface area contributed by atoms with Crippen LogP contribution in [0.25, 0.3) is 10.9 Å². The first-order valence-corrected chi connectivity index (χ1v) is 7.31. The second-order valence-electron chi connectivity index (χ2n) is 5.50. The van der Waals surface area contributed by atoms with Crippen LogP contribution in [-0.4, -0.2) is 34.7 Å². The van der Waals surface area contributed by atoms with Gasteiger partial charge in [-0.05, 0) is 19.1 Å². The van der Waals surface area contributed by atoms with Crippen molar-refractivity contribution < 1.29 is 32.6 Å². The highest BCUT2D eigenvalue weighted by Gasteiger charge is 2.35. The number of aromatic nitrogens is 1. The molecular formula is C16H15F3N2O5. The topological polar surface area (TPSA) is 97.6 Å². The van der Waals surface area contributed by atoms with Gasteiger partial charge in [0.25, 0.3) is 11.5 Å². The number of fused-ring (bicyclic) bond motifs is 1. The number of esters is 1. The van der Waals surface area contributed by atoms with Crippen LogP contribution in [-0.2, 0) is 22.8 Å². The Balaban J connectivity index is 2.74. The van der Waals surface area contributed by atoms with E-state index in [1.807, 2.05) is 0 Å². The Morgan fingerprint density at radius 1 is 1.31 bits per heavy atom. The molecule has 1 unspecified atom stereocenters. The van der Waals surface area contributed by atoms with Crippen molar-refractivity contribution in [2.75, 3.05) is 7.11 Å². The second kappa shape index (κ2) is 6.70. The highest BCUT2D eigenvalue weighted by Crippen LogP contribution is 2.39. The van der Waals surface area contributed by atoms with Crippen LogP contribution in [0.15, 0.2) is 23.0 Å². The van der Waals surface area contributed by atoms with Crippen molar-refractivity contribution in [3.63, 3.8) is 0 Å². The fourth-order valence-electron chi connectivity index (χ4n) is 2.52. The van der Waals surface area contributed by atoms with Gasteiger partial charge in [-0.25, -0.2) is 4.79 Å². The van der Waals surface area contributed by atoms with Crippen molar-refractivity contribution in [2.24, 2.45) is 7.05 Å². The van der Waals surface area contributed by atoms with Crippen molar-refractivity contribution in [3.8, 4) is 5.75 Å². The van der Waals surface area contributed by atoms with Gasteiger partial charge in [0, 0.05) is 7.05 Å². The second-order valence-corrected chi connectivity index (χ2v) is 5.50. The lowest BCUT2D eigenvalue weighted by molar-refractivity contribution is -0.142. The maximum Gasteiger partial charge on any atom is 0.417 e. The number of amides is 1. The van der Waals surface area contributed by atoms with Crippen molar-refractivity contribution in [1.29, 1.82) is 0 Å². The zero-order chi connectivity index (χ0) is 19.8. The Morgan fingerprint density at radius 2 is 1.92 bits per heavy atom. The van der Waals surface area contributed by atoms with Crippen LogP contribution in [0.4, 0.5) is 13.2 Å². The molecule has 1 atom stereocenters. The van der Waals surface area contributed by atoms with Crippen LogP contribution in [0, 0.1) is 0 Å². The maximum atomic E-state index is 13.3. The summed E-state index contributed by atoms with van der Waals surface area (Å²) in [6.07, 6.45) is -4.82. The van der Waals surface area contributed by atoms with E-state index in [0.717, 1.165) is 23.8 Å². The molecule has 2 aromatic rings. The molecule has 0 fully saturated rings. The van der Waals surface area contributed by atoms with Gasteiger partial charge in [0.1, 0.15) is 17.4 Å². The number of nitrogens with one attached hydrogen (secondary N) is 1. The molecule has 26 heavy (non-hydrogen) atoms. The number of methoxy groups -OCH3 is 1. The molecule has 140 valence electrons. The number of alkyl halides is 3. The van der Waals surface area contributed by atoms with E-state index < -0.39 is 51.9 Å². The van der Waals surface area contributed by atoms with Gasteiger partial charge in [-0.2, -0.15) is 13.2 Å². The Bertz CT molecular complexity index is 950. The molecule has 1 heterocycles. The van der Waals surface area contributed by atoms with E-state index in [-0.39, 0.29) is 5.52 Å². The third-order valence-corrected chi connectivity index (χ3v) is 3.83. The summed E-state index contributed by atoms with van der Waals surface area (Å²) in [6, 6.07) is 1.85. The van der Waals surface area contributed by atoms with Crippen molar-refractivity contribution in [3.05, 3.63) is 39.7 Å². The molecule has 0 saturated carbocycles. The Hall–Kier alpha value is -3.04. The zero-order valence-corrected chi connectivity index (χ0v) is 14.0. The quantitative estimate of drug-likeness (QED) is 0.797. The molecule has 0 radical (unpaired) electrons. The number of pyridine rings is 1. The lowest BCUT2D eigenvalue weighted by atomic mass is 10.0. The van der Waals surface area contributed by atoms with Crippen LogP contribution in [0.2, 0.25) is 0 Å². The van der Waals surface area contributed by atoms with Crippen LogP contribution >= 0.6 is 0 Å². The average molecular weight is 372 g/mol. The lowest BCUT2D eigenvalue weighted by Gasteiger charge is -2.17. The summed E-state index contributed by atoms with van der Waals surface area (Å²) in [5.74, 6) is -3.13. The van der Waals surface area contributed by atoms with Crippen molar-refractivity contribution >= 4 is 22.8 Å². The molecule has 2 N–H and O–H groups in total. The van der Waals surface area contributed by atoms with E-state index in [1.165, 1.54) is 20.0 Å². The number of nitrogens with zero attached hydrogens (tertiary/aromatic N) is 1. The van der Waals surface area contributed by atoms with Gasteiger partial charge in [0.2, 0.25) is 0 Å². The van der Waals surface area contributed by atoms with Crippen molar-refractivity contribution in [2.45, 2.75) is 19.1 Å². The smallest absolute Gasteiger partial charge is 0.417 e. The summed E-state index contributed by atoms with van der Waals surface area (Å²) in [5, 5.41) is 11.7. The third kappa shape index (κ3) is 3.22. The summed E-state index contributed by atoms with van der Waals surface area (Å²) in [4.78, 5) is 36.1. The molecule has 1 aromatic heterocycles. The number of benzene rings is 1. The molecule has 1 aromatic carbocycles. The molecular weight excluding hydrogens is 357 g/mol. The number of hydrogen-bond acceptors (Lipinski definition) is 5. The predicted octanol–water partition coefficient (Wildman–Crippen LogP) is 1.55. The Kier molecular flexibility index (Phi) is 4.97. The first-order valence-electron chi connectivity index (χ1n) is 7.31. The molecule has 0 bridgehead atoms. The summed E-state index contributed by atoms with van der Waals surface area (Å²) in [7, 11) is 2.25. The van der Waals surface area contributed by atoms with Gasteiger partial charge in [-0.3, -0.25) is 9.59 Å². The van der Waals surface area contributed by atoms with Crippen LogP contribution in [0.1, 0.15) is 22.8 Å². The molecule has 7 nitrogen and oxygen atoms in total. The molecule has 10 heteroatoms. The minimum absolute atomic E-state index is 0.195. The molecule has 0 saturated heterocycles. The number of ether oxygens (including phenoxy) is 1. The van der Waals surface area contributed by atoms with Gasteiger partial charge in [0.05, 0.1) is 23.6 Å². The number of carbonyl (C=O) groups excluding carboxylic acids is 2. The maximum absolute atomic E-state index is 13.3. The largest absolute Gasteiger partial charge is 0.506 e. The minimum atomic E-state index is -4.82.